The number of halogens is 1. The molecule has 6 aromatic heterocycles. The molecule has 0 spiro atoms. The summed E-state index contributed by atoms with van der Waals surface area (Å²) in [5.74, 6) is 2.06. The van der Waals surface area contributed by atoms with Crippen molar-refractivity contribution in [3.8, 4) is 32.6 Å². The summed E-state index contributed by atoms with van der Waals surface area (Å²) in [5, 5.41) is 63.8. The van der Waals surface area contributed by atoms with Crippen LogP contribution in [0.25, 0.3) is 52.6 Å². The Morgan fingerprint density at radius 1 is 0.838 bits per heavy atom. The van der Waals surface area contributed by atoms with Crippen LogP contribution in [0.1, 0.15) is 106 Å². The first-order chi connectivity index (χ1) is 47.9. The highest BCUT2D eigenvalue weighted by Gasteiger charge is 2.40. The number of nitrogen functional groups attached to an aromatic ring is 1. The SMILES string of the molecule is CC/C=C/CN1C2CCC1CC(c1ccc(C)cc1)C2.CCC(CO)CCn1cnc2c(=O)[nH]c(N)cc21.CCC(CO)n1cc(Cn2ccnc2[N+](=O)[O-])nn1.CNc1ccc(-c2nc3ccc(O)cc3s2)cc1C.CNc1ccc(-c2nc3ccc(OC[C@H](O)C[18F])cc3s2)cc1. The highest BCUT2D eigenvalue weighted by molar-refractivity contribution is 7.22. The monoisotopic (exact) mass is 1390 g/mol. The van der Waals surface area contributed by atoms with Crippen LogP contribution < -0.4 is 26.7 Å². The molecule has 2 saturated heterocycles. The number of aliphatic hydroxyl groups excluding tert-OH is 3. The van der Waals surface area contributed by atoms with Gasteiger partial charge < -0.3 is 61.2 Å². The van der Waals surface area contributed by atoms with Crippen LogP contribution in [-0.2, 0) is 13.1 Å². The summed E-state index contributed by atoms with van der Waals surface area (Å²) in [6.45, 7) is 11.9. The Morgan fingerprint density at radius 3 is 2.17 bits per heavy atom. The summed E-state index contributed by atoms with van der Waals surface area (Å²) < 4.78 is 24.5. The molecule has 2 bridgehead atoms. The van der Waals surface area contributed by atoms with Crippen molar-refractivity contribution in [2.24, 2.45) is 5.92 Å². The van der Waals surface area contributed by atoms with Gasteiger partial charge in [-0.15, -0.1) is 27.8 Å². The number of imidazole rings is 2. The average molecular weight is 1390 g/mol. The van der Waals surface area contributed by atoms with E-state index >= 15 is 0 Å². The van der Waals surface area contributed by atoms with E-state index in [1.165, 1.54) is 60.3 Å². The molecule has 2 aliphatic heterocycles. The van der Waals surface area contributed by atoms with Crippen molar-refractivity contribution in [3.63, 3.8) is 0 Å². The molecule has 5 atom stereocenters. The minimum atomic E-state index is -1.09. The van der Waals surface area contributed by atoms with Gasteiger partial charge in [-0.3, -0.25) is 9.69 Å². The normalized spacial score (nSPS) is 15.8. The lowest BCUT2D eigenvalue weighted by Crippen LogP contribution is -2.42. The van der Waals surface area contributed by atoms with Crippen molar-refractivity contribution < 1.29 is 34.5 Å². The van der Waals surface area contributed by atoms with Gasteiger partial charge in [0.1, 0.15) is 71.3 Å². The number of rotatable bonds is 23. The number of pyridine rings is 1. The largest absolute Gasteiger partial charge is 0.508 e. The number of hydrogen-bond donors (Lipinski definition) is 8. The van der Waals surface area contributed by atoms with Crippen molar-refractivity contribution in [3.05, 3.63) is 189 Å². The fraction of sp³-hybridized carbons (Fsp3) is 0.384. The number of thiazole rings is 2. The first-order valence-corrected chi connectivity index (χ1v) is 35.1. The number of anilines is 3. The van der Waals surface area contributed by atoms with Gasteiger partial charge in [0.15, 0.2) is 5.52 Å². The number of fused-ring (bicyclic) bond motifs is 5. The molecule has 26 heteroatoms. The molecule has 0 amide bonds. The number of nitrogens with zero attached hydrogens (tertiary/aromatic N) is 11. The third kappa shape index (κ3) is 19.7. The van der Waals surface area contributed by atoms with E-state index in [-0.39, 0.29) is 55.6 Å². The van der Waals surface area contributed by atoms with Gasteiger partial charge in [0.05, 0.1) is 51.1 Å². The molecule has 4 unspecified atom stereocenters. The number of aromatic amines is 1. The van der Waals surface area contributed by atoms with Crippen molar-refractivity contribution in [1.82, 2.24) is 53.9 Å². The zero-order chi connectivity index (χ0) is 70.5. The van der Waals surface area contributed by atoms with E-state index in [1.54, 1.807) is 69.7 Å². The lowest BCUT2D eigenvalue weighted by atomic mass is 9.85. The lowest BCUT2D eigenvalue weighted by Gasteiger charge is -2.38. The summed E-state index contributed by atoms with van der Waals surface area (Å²) in [7, 11) is 3.80. The van der Waals surface area contributed by atoms with Crippen LogP contribution in [0, 0.1) is 29.9 Å². The molecule has 11 aromatic rings. The number of aromatic nitrogens is 10. The number of benzene rings is 5. The molecule has 0 radical (unpaired) electrons. The van der Waals surface area contributed by atoms with Crippen molar-refractivity contribution >= 4 is 77.3 Å². The van der Waals surface area contributed by atoms with Gasteiger partial charge in [-0.2, -0.15) is 0 Å². The first kappa shape index (κ1) is 73.8. The second-order valence-electron chi connectivity index (χ2n) is 24.6. The maximum Gasteiger partial charge on any atom is 0.434 e. The number of aryl methyl sites for hydroxylation is 3. The second-order valence-corrected chi connectivity index (χ2v) is 26.7. The number of aliphatic hydroxyl groups is 3. The molecule has 8 heterocycles. The van der Waals surface area contributed by atoms with E-state index < -0.39 is 17.7 Å². The minimum Gasteiger partial charge on any atom is -0.508 e. The highest BCUT2D eigenvalue weighted by Crippen LogP contribution is 2.43. The van der Waals surface area contributed by atoms with Crippen molar-refractivity contribution in [1.29, 1.82) is 0 Å². The van der Waals surface area contributed by atoms with Crippen LogP contribution >= 0.6 is 22.7 Å². The van der Waals surface area contributed by atoms with Crippen molar-refractivity contribution in [2.45, 2.75) is 129 Å². The number of nitrogens with two attached hydrogens (primary N) is 1. The van der Waals surface area contributed by atoms with Crippen LogP contribution in [0.5, 0.6) is 11.5 Å². The van der Waals surface area contributed by atoms with Crippen LogP contribution in [0.2, 0.25) is 0 Å². The van der Waals surface area contributed by atoms with Crippen LogP contribution in [0.3, 0.4) is 0 Å². The minimum absolute atomic E-state index is 0.0233. The number of ether oxygens (including phenoxy) is 1. The summed E-state index contributed by atoms with van der Waals surface area (Å²) in [4.78, 5) is 44.0. The smallest absolute Gasteiger partial charge is 0.434 e. The maximum atomic E-state index is 12.2. The molecule has 99 heavy (non-hydrogen) atoms. The molecule has 2 aliphatic rings. The molecule has 9 N–H and O–H groups in total. The fourth-order valence-electron chi connectivity index (χ4n) is 12.0. The molecule has 13 rings (SSSR count). The maximum absolute atomic E-state index is 12.2. The topological polar surface area (TPSA) is 312 Å². The Bertz CT molecular complexity index is 4430. The van der Waals surface area contributed by atoms with Gasteiger partial charge in [-0.05, 0) is 166 Å². The lowest BCUT2D eigenvalue weighted by molar-refractivity contribution is -0.396. The number of nitrogens with one attached hydrogen (secondary N) is 3. The number of hydrogen-bond acceptors (Lipinski definition) is 20. The van der Waals surface area contributed by atoms with Gasteiger partial charge in [-0.1, -0.05) is 79.4 Å². The number of alkyl halides is 1. The zero-order valence-corrected chi connectivity index (χ0v) is 58.7. The van der Waals surface area contributed by atoms with E-state index in [9.17, 15) is 29.5 Å². The Balaban J connectivity index is 0.000000145. The third-order valence-corrected chi connectivity index (χ3v) is 19.9. The number of aromatic hydroxyl groups is 1. The molecule has 5 aromatic carbocycles. The summed E-state index contributed by atoms with van der Waals surface area (Å²) in [6.07, 6.45) is 19.0. The van der Waals surface area contributed by atoms with Gasteiger partial charge in [-0.25, -0.2) is 28.6 Å². The Kier molecular flexibility index (Phi) is 26.7. The predicted molar refractivity (Wildman–Crippen MR) is 394 cm³/mol. The molecular weight excluding hydrogens is 1300 g/mol. The number of nitro groups is 1. The molecule has 0 aliphatic carbocycles. The van der Waals surface area contributed by atoms with Gasteiger partial charge in [0, 0.05) is 74.4 Å². The van der Waals surface area contributed by atoms with Gasteiger partial charge in [0.2, 0.25) is 0 Å². The van der Waals surface area contributed by atoms with Crippen LogP contribution in [0.4, 0.5) is 27.5 Å². The van der Waals surface area contributed by atoms with E-state index in [2.05, 4.69) is 133 Å². The summed E-state index contributed by atoms with van der Waals surface area (Å²) in [6, 6.07) is 37.6. The highest BCUT2D eigenvalue weighted by atomic mass is 32.1. The average Bonchev–Trinajstić information content (AvgIpc) is 1.71. The van der Waals surface area contributed by atoms with E-state index in [4.69, 9.17) is 20.7 Å². The number of piperidine rings is 1. The zero-order valence-electron chi connectivity index (χ0n) is 57.0. The van der Waals surface area contributed by atoms with E-state index in [0.29, 0.717) is 22.8 Å². The molecule has 23 nitrogen and oxygen atoms in total. The first-order valence-electron chi connectivity index (χ1n) is 33.5. The molecule has 0 saturated carbocycles. The summed E-state index contributed by atoms with van der Waals surface area (Å²) >= 11 is 3.17. The van der Waals surface area contributed by atoms with Crippen LogP contribution in [-0.4, -0.2) is 145 Å². The number of H-pyrrole nitrogens is 1. The van der Waals surface area contributed by atoms with Crippen molar-refractivity contribution in [2.75, 3.05) is 63.5 Å². The van der Waals surface area contributed by atoms with Crippen LogP contribution in [0.15, 0.2) is 151 Å². The number of allylic oxidation sites excluding steroid dienone is 1. The third-order valence-electron chi connectivity index (χ3n) is 17.7. The fourth-order valence-corrected chi connectivity index (χ4v) is 14.0. The molecular formula is C73H90FN15O8S2. The quantitative estimate of drug-likeness (QED) is 0.0168. The second kappa shape index (κ2) is 35.9. The van der Waals surface area contributed by atoms with E-state index in [0.717, 1.165) is 109 Å². The summed E-state index contributed by atoms with van der Waals surface area (Å²) in [5.41, 5.74) is 17.4. The van der Waals surface area contributed by atoms with Gasteiger partial charge in [0.25, 0.3) is 5.56 Å². The Labute approximate surface area is 583 Å². The Morgan fingerprint density at radius 2 is 1.54 bits per heavy atom. The molecule has 2 fully saturated rings. The van der Waals surface area contributed by atoms with Gasteiger partial charge >= 0.3 is 5.95 Å². The standard InChI is InChI=1S/C19H27N.C17H17FN2O2S.C15H14N2OS.C12H18N4O2.C10H14N6O3/c1-3-4-5-12-20-18-10-11-19(20)14-17(13-18)16-8-6-15(2)7-9-16;1-19-12-4-2-11(3-5-12)17-20-15-7-6-14(8-16(15)23-17)22-10-13(21)9-18;1-9-7-10(3-5-12(9)16-2)15-17-13-6-4-11(18)8-14(13)19-15;1-2-8(6-17)3-4-16-7-14-11-9(16)5-10(13)15-12(11)18;1-2-9(7-17)15-6-8(12-13-15)5-14-4-3-11-10(14)16(18)19/h4-9,17-19H,3,10-14H2,1-2H3;2-8,13,19,21H,9-10H2,1H3;3-8,16,18H,1-2H3;5,7-8,17H,2-4,6H2,1H3,(H3,13,15,18);3-4,6,9,17H,2,5,7H2,1H3/b5-4+;;;;/t;13-;;;/m.1.../s1/i;18-1;;;. The molecule has 524 valence electrons. The number of phenolic OH excluding ortho intramolecular Hbond substituents is 1. The number of phenols is 1. The van der Waals surface area contributed by atoms with E-state index in [1.807, 2.05) is 68.1 Å². The Hall–Kier alpha value is -9.44. The predicted octanol–water partition coefficient (Wildman–Crippen LogP) is 13.5.